The van der Waals surface area contributed by atoms with Gasteiger partial charge in [-0.15, -0.1) is 0 Å². The number of primary amides is 1. The highest BCUT2D eigenvalue weighted by molar-refractivity contribution is 5.74. The number of hydrogen-bond acceptors (Lipinski definition) is 4. The molecule has 1 fully saturated rings. The molecular formula is C9H19N3O2. The molecule has 2 unspecified atom stereocenters. The molecule has 0 aliphatic carbocycles. The average Bonchev–Trinajstić information content (AvgIpc) is 2.65. The van der Waals surface area contributed by atoms with Crippen LogP contribution in [-0.2, 0) is 9.53 Å². The molecule has 14 heavy (non-hydrogen) atoms. The standard InChI is InChI=1S/C9H19N3O2/c1-12(7-2-3-14-6-7)8(5-10)4-9(11)13/h7-8H,2-6,10H2,1H3,(H2,11,13). The maximum Gasteiger partial charge on any atom is 0.219 e. The van der Waals surface area contributed by atoms with E-state index in [9.17, 15) is 4.79 Å². The zero-order valence-corrected chi connectivity index (χ0v) is 8.61. The molecule has 0 aromatic carbocycles. The monoisotopic (exact) mass is 201 g/mol. The summed E-state index contributed by atoms with van der Waals surface area (Å²) in [6.45, 7) is 1.98. The summed E-state index contributed by atoms with van der Waals surface area (Å²) < 4.78 is 5.28. The number of hydrogen-bond donors (Lipinski definition) is 2. The lowest BCUT2D eigenvalue weighted by atomic mass is 10.1. The van der Waals surface area contributed by atoms with Crippen LogP contribution in [-0.4, -0.2) is 49.7 Å². The van der Waals surface area contributed by atoms with Crippen molar-refractivity contribution < 1.29 is 9.53 Å². The summed E-state index contributed by atoms with van der Waals surface area (Å²) in [6, 6.07) is 0.419. The van der Waals surface area contributed by atoms with Gasteiger partial charge in [-0.3, -0.25) is 9.69 Å². The second-order valence-corrected chi connectivity index (χ2v) is 3.74. The van der Waals surface area contributed by atoms with Gasteiger partial charge in [-0.2, -0.15) is 0 Å². The zero-order valence-electron chi connectivity index (χ0n) is 8.61. The van der Waals surface area contributed by atoms with E-state index in [2.05, 4.69) is 4.90 Å². The van der Waals surface area contributed by atoms with E-state index in [1.165, 1.54) is 0 Å². The van der Waals surface area contributed by atoms with Crippen molar-refractivity contribution in [1.29, 1.82) is 0 Å². The molecule has 0 radical (unpaired) electrons. The van der Waals surface area contributed by atoms with Crippen LogP contribution in [0.25, 0.3) is 0 Å². The van der Waals surface area contributed by atoms with E-state index in [4.69, 9.17) is 16.2 Å². The lowest BCUT2D eigenvalue weighted by Gasteiger charge is -2.30. The van der Waals surface area contributed by atoms with Crippen molar-refractivity contribution in [3.05, 3.63) is 0 Å². The van der Waals surface area contributed by atoms with Gasteiger partial charge in [0, 0.05) is 31.7 Å². The van der Waals surface area contributed by atoms with Crippen LogP contribution in [0.15, 0.2) is 0 Å². The minimum atomic E-state index is -0.300. The molecule has 5 heteroatoms. The number of nitrogens with two attached hydrogens (primary N) is 2. The Hall–Kier alpha value is -0.650. The van der Waals surface area contributed by atoms with E-state index >= 15 is 0 Å². The fraction of sp³-hybridized carbons (Fsp3) is 0.889. The van der Waals surface area contributed by atoms with Crippen LogP contribution in [0.3, 0.4) is 0 Å². The summed E-state index contributed by atoms with van der Waals surface area (Å²) in [5.74, 6) is -0.300. The highest BCUT2D eigenvalue weighted by Gasteiger charge is 2.26. The normalized spacial score (nSPS) is 24.1. The number of carbonyl (C=O) groups is 1. The Morgan fingerprint density at radius 3 is 2.86 bits per heavy atom. The van der Waals surface area contributed by atoms with Crippen LogP contribution in [0.4, 0.5) is 0 Å². The molecule has 1 aliphatic rings. The first-order valence-electron chi connectivity index (χ1n) is 4.93. The van der Waals surface area contributed by atoms with E-state index in [0.29, 0.717) is 19.0 Å². The second-order valence-electron chi connectivity index (χ2n) is 3.74. The van der Waals surface area contributed by atoms with Gasteiger partial charge in [0.25, 0.3) is 0 Å². The largest absolute Gasteiger partial charge is 0.380 e. The van der Waals surface area contributed by atoms with Gasteiger partial charge in [0.2, 0.25) is 5.91 Å². The van der Waals surface area contributed by atoms with E-state index in [0.717, 1.165) is 19.6 Å². The Morgan fingerprint density at radius 1 is 1.71 bits per heavy atom. The van der Waals surface area contributed by atoms with Crippen molar-refractivity contribution in [2.45, 2.75) is 24.9 Å². The number of likely N-dealkylation sites (N-methyl/N-ethyl adjacent to an activating group) is 1. The first-order valence-corrected chi connectivity index (χ1v) is 4.93. The summed E-state index contributed by atoms with van der Waals surface area (Å²) >= 11 is 0. The number of ether oxygens (including phenoxy) is 1. The zero-order chi connectivity index (χ0) is 10.6. The van der Waals surface area contributed by atoms with Crippen LogP contribution in [0.5, 0.6) is 0 Å². The van der Waals surface area contributed by atoms with Crippen LogP contribution in [0.1, 0.15) is 12.8 Å². The fourth-order valence-corrected chi connectivity index (χ4v) is 1.77. The molecule has 1 rings (SSSR count). The molecule has 0 aromatic rings. The predicted molar refractivity (Wildman–Crippen MR) is 53.6 cm³/mol. The molecule has 4 N–H and O–H groups in total. The van der Waals surface area contributed by atoms with Crippen molar-refractivity contribution in [1.82, 2.24) is 4.90 Å². The summed E-state index contributed by atoms with van der Waals surface area (Å²) in [5, 5.41) is 0. The molecule has 1 heterocycles. The summed E-state index contributed by atoms with van der Waals surface area (Å²) in [4.78, 5) is 12.9. The van der Waals surface area contributed by atoms with Gasteiger partial charge in [0.05, 0.1) is 6.61 Å². The molecule has 0 aromatic heterocycles. The van der Waals surface area contributed by atoms with E-state index in [1.54, 1.807) is 0 Å². The third-order valence-corrected chi connectivity index (χ3v) is 2.77. The summed E-state index contributed by atoms with van der Waals surface area (Å²) in [7, 11) is 1.97. The van der Waals surface area contributed by atoms with E-state index in [-0.39, 0.29) is 11.9 Å². The van der Waals surface area contributed by atoms with Gasteiger partial charge >= 0.3 is 0 Å². The summed E-state index contributed by atoms with van der Waals surface area (Å²) in [5.41, 5.74) is 10.8. The average molecular weight is 201 g/mol. The first kappa shape index (κ1) is 11.4. The van der Waals surface area contributed by atoms with Crippen molar-refractivity contribution in [3.63, 3.8) is 0 Å². The predicted octanol–water partition coefficient (Wildman–Crippen LogP) is -1.09. The lowest BCUT2D eigenvalue weighted by Crippen LogP contribution is -2.46. The van der Waals surface area contributed by atoms with Crippen LogP contribution in [0.2, 0.25) is 0 Å². The topological polar surface area (TPSA) is 81.6 Å². The third-order valence-electron chi connectivity index (χ3n) is 2.77. The second kappa shape index (κ2) is 5.29. The minimum Gasteiger partial charge on any atom is -0.380 e. The Morgan fingerprint density at radius 2 is 2.43 bits per heavy atom. The Bertz CT molecular complexity index is 192. The molecular weight excluding hydrogens is 182 g/mol. The highest BCUT2D eigenvalue weighted by atomic mass is 16.5. The maximum absolute atomic E-state index is 10.8. The molecule has 0 saturated carbocycles. The molecule has 82 valence electrons. The summed E-state index contributed by atoms with van der Waals surface area (Å²) in [6.07, 6.45) is 1.33. The number of nitrogens with zero attached hydrogens (tertiary/aromatic N) is 1. The maximum atomic E-state index is 10.8. The fourth-order valence-electron chi connectivity index (χ4n) is 1.77. The SMILES string of the molecule is CN(C1CCOC1)C(CN)CC(N)=O. The quantitative estimate of drug-likeness (QED) is 0.592. The van der Waals surface area contributed by atoms with Crippen molar-refractivity contribution in [2.75, 3.05) is 26.8 Å². The van der Waals surface area contributed by atoms with Crippen LogP contribution in [0, 0.1) is 0 Å². The Balaban J connectivity index is 2.45. The molecule has 0 spiro atoms. The van der Waals surface area contributed by atoms with E-state index < -0.39 is 0 Å². The van der Waals surface area contributed by atoms with E-state index in [1.807, 2.05) is 7.05 Å². The highest BCUT2D eigenvalue weighted by Crippen LogP contribution is 2.14. The van der Waals surface area contributed by atoms with Crippen molar-refractivity contribution in [2.24, 2.45) is 11.5 Å². The Kier molecular flexibility index (Phi) is 4.31. The minimum absolute atomic E-state index is 0.0409. The van der Waals surface area contributed by atoms with Gasteiger partial charge in [0.15, 0.2) is 0 Å². The molecule has 0 bridgehead atoms. The van der Waals surface area contributed by atoms with Gasteiger partial charge in [-0.05, 0) is 13.5 Å². The molecule has 1 aliphatic heterocycles. The van der Waals surface area contributed by atoms with Crippen molar-refractivity contribution >= 4 is 5.91 Å². The van der Waals surface area contributed by atoms with Gasteiger partial charge in [0.1, 0.15) is 0 Å². The number of rotatable bonds is 5. The van der Waals surface area contributed by atoms with Gasteiger partial charge in [-0.25, -0.2) is 0 Å². The lowest BCUT2D eigenvalue weighted by molar-refractivity contribution is -0.119. The number of amides is 1. The van der Waals surface area contributed by atoms with Crippen LogP contribution >= 0.6 is 0 Å². The smallest absolute Gasteiger partial charge is 0.219 e. The molecule has 2 atom stereocenters. The number of carbonyl (C=O) groups excluding carboxylic acids is 1. The van der Waals surface area contributed by atoms with Crippen molar-refractivity contribution in [3.8, 4) is 0 Å². The Labute approximate surface area is 84.4 Å². The molecule has 1 saturated heterocycles. The van der Waals surface area contributed by atoms with Gasteiger partial charge < -0.3 is 16.2 Å². The molecule has 5 nitrogen and oxygen atoms in total. The van der Waals surface area contributed by atoms with Crippen LogP contribution < -0.4 is 11.5 Å². The third kappa shape index (κ3) is 2.94. The van der Waals surface area contributed by atoms with Gasteiger partial charge in [-0.1, -0.05) is 0 Å². The molecule has 1 amide bonds. The first-order chi connectivity index (χ1) is 6.65.